The Hall–Kier alpha value is -3.82. The number of para-hydroxylation sites is 1. The van der Waals surface area contributed by atoms with Crippen molar-refractivity contribution >= 4 is 23.3 Å². The highest BCUT2D eigenvalue weighted by atomic mass is 16.6. The first kappa shape index (κ1) is 17.0. The minimum Gasteiger partial charge on any atom is -0.368 e. The van der Waals surface area contributed by atoms with Gasteiger partial charge in [-0.2, -0.15) is 15.0 Å². The fourth-order valence-electron chi connectivity index (χ4n) is 2.30. The third kappa shape index (κ3) is 3.80. The van der Waals surface area contributed by atoms with E-state index in [2.05, 4.69) is 20.3 Å². The maximum atomic E-state index is 11.9. The molecule has 26 heavy (non-hydrogen) atoms. The van der Waals surface area contributed by atoms with Gasteiger partial charge in [0.1, 0.15) is 0 Å². The quantitative estimate of drug-likeness (QED) is 0.520. The zero-order chi connectivity index (χ0) is 18.7. The molecule has 0 aliphatic rings. The van der Waals surface area contributed by atoms with E-state index in [-0.39, 0.29) is 30.0 Å². The third-order valence-electron chi connectivity index (χ3n) is 3.58. The normalized spacial score (nSPS) is 10.5. The van der Waals surface area contributed by atoms with Crippen LogP contribution in [0.15, 0.2) is 47.4 Å². The van der Waals surface area contributed by atoms with Crippen molar-refractivity contribution in [3.05, 3.63) is 74.5 Å². The first-order chi connectivity index (χ1) is 12.4. The Morgan fingerprint density at radius 2 is 1.96 bits per heavy atom. The fourth-order valence-corrected chi connectivity index (χ4v) is 2.30. The molecular weight excluding hydrogens is 338 g/mol. The first-order valence-corrected chi connectivity index (χ1v) is 7.60. The number of hydrogen-bond acceptors (Lipinski definition) is 8. The predicted molar refractivity (Wildman–Crippen MR) is 95.2 cm³/mol. The van der Waals surface area contributed by atoms with E-state index in [1.165, 1.54) is 0 Å². The van der Waals surface area contributed by atoms with Crippen molar-refractivity contribution in [3.63, 3.8) is 0 Å². The van der Waals surface area contributed by atoms with Gasteiger partial charge in [-0.1, -0.05) is 18.2 Å². The summed E-state index contributed by atoms with van der Waals surface area (Å²) in [7, 11) is 0. The smallest absolute Gasteiger partial charge is 0.285 e. The molecule has 1 aromatic carbocycles. The number of aromatic nitrogens is 4. The summed E-state index contributed by atoms with van der Waals surface area (Å²) in [4.78, 5) is 34.5. The van der Waals surface area contributed by atoms with E-state index in [4.69, 9.17) is 5.73 Å². The molecule has 0 atom stereocenters. The van der Waals surface area contributed by atoms with Crippen LogP contribution in [0.4, 0.5) is 23.3 Å². The molecule has 10 heteroatoms. The van der Waals surface area contributed by atoms with E-state index in [1.54, 1.807) is 0 Å². The van der Waals surface area contributed by atoms with Crippen molar-refractivity contribution in [2.75, 3.05) is 11.1 Å². The Bertz CT molecular complexity index is 1030. The van der Waals surface area contributed by atoms with Crippen molar-refractivity contribution in [1.82, 2.24) is 19.5 Å². The Morgan fingerprint density at radius 3 is 2.69 bits per heavy atom. The second-order valence-electron chi connectivity index (χ2n) is 5.48. The predicted octanol–water partition coefficient (Wildman–Crippen LogP) is 1.62. The van der Waals surface area contributed by atoms with E-state index in [1.807, 2.05) is 31.2 Å². The summed E-state index contributed by atoms with van der Waals surface area (Å²) in [5, 5.41) is 13.9. The highest BCUT2D eigenvalue weighted by molar-refractivity contribution is 5.58. The Balaban J connectivity index is 1.91. The molecule has 0 aliphatic carbocycles. The molecule has 0 unspecified atom stereocenters. The molecule has 10 nitrogen and oxygen atoms in total. The van der Waals surface area contributed by atoms with Crippen LogP contribution >= 0.6 is 0 Å². The minimum absolute atomic E-state index is 0.0236. The number of nitrogens with two attached hydrogens (primary N) is 1. The van der Waals surface area contributed by atoms with Gasteiger partial charge >= 0.3 is 0 Å². The molecule has 0 saturated carbocycles. The monoisotopic (exact) mass is 353 g/mol. The van der Waals surface area contributed by atoms with Crippen LogP contribution in [0, 0.1) is 17.0 Å². The lowest BCUT2D eigenvalue weighted by molar-refractivity contribution is -0.385. The number of hydrogen-bond donors (Lipinski definition) is 2. The van der Waals surface area contributed by atoms with Gasteiger partial charge in [0.25, 0.3) is 11.2 Å². The highest BCUT2D eigenvalue weighted by Gasteiger charge is 2.11. The van der Waals surface area contributed by atoms with E-state index in [0.717, 1.165) is 34.1 Å². The maximum Gasteiger partial charge on any atom is 0.285 e. The largest absolute Gasteiger partial charge is 0.368 e. The Labute approximate surface area is 147 Å². The van der Waals surface area contributed by atoms with Crippen LogP contribution in [0.5, 0.6) is 0 Å². The highest BCUT2D eigenvalue weighted by Crippen LogP contribution is 2.18. The van der Waals surface area contributed by atoms with Gasteiger partial charge in [0.15, 0.2) is 5.82 Å². The van der Waals surface area contributed by atoms with Gasteiger partial charge in [-0.15, -0.1) is 0 Å². The van der Waals surface area contributed by atoms with E-state index >= 15 is 0 Å². The molecular formula is C16H15N7O3. The number of nitrogen functional groups attached to an aromatic ring is 1. The van der Waals surface area contributed by atoms with Crippen LogP contribution in [0.3, 0.4) is 0 Å². The molecule has 3 aromatic rings. The molecule has 0 saturated heterocycles. The molecule has 0 bridgehead atoms. The number of anilines is 3. The lowest BCUT2D eigenvalue weighted by Gasteiger charge is -2.10. The van der Waals surface area contributed by atoms with Crippen molar-refractivity contribution in [3.8, 4) is 0 Å². The number of aryl methyl sites for hydroxylation is 1. The molecule has 0 fully saturated rings. The van der Waals surface area contributed by atoms with Crippen molar-refractivity contribution in [2.24, 2.45) is 0 Å². The molecule has 132 valence electrons. The first-order valence-electron chi connectivity index (χ1n) is 7.60. The average Bonchev–Trinajstić information content (AvgIpc) is 2.58. The molecule has 0 amide bonds. The van der Waals surface area contributed by atoms with Crippen LogP contribution in [0.25, 0.3) is 0 Å². The second-order valence-corrected chi connectivity index (χ2v) is 5.48. The zero-order valence-corrected chi connectivity index (χ0v) is 13.8. The summed E-state index contributed by atoms with van der Waals surface area (Å²) in [5.74, 6) is 0.404. The van der Waals surface area contributed by atoms with Crippen LogP contribution in [-0.4, -0.2) is 24.4 Å². The lowest BCUT2D eigenvalue weighted by atomic mass is 10.2. The van der Waals surface area contributed by atoms with Crippen molar-refractivity contribution in [2.45, 2.75) is 13.5 Å². The van der Waals surface area contributed by atoms with E-state index in [9.17, 15) is 14.9 Å². The average molecular weight is 353 g/mol. The summed E-state index contributed by atoms with van der Waals surface area (Å²) in [5.41, 5.74) is 6.90. The lowest BCUT2D eigenvalue weighted by Crippen LogP contribution is -2.21. The third-order valence-corrected chi connectivity index (χ3v) is 3.58. The molecule has 3 rings (SSSR count). The molecule has 0 aliphatic heterocycles. The molecule has 3 N–H and O–H groups in total. The van der Waals surface area contributed by atoms with E-state index in [0.29, 0.717) is 0 Å². The summed E-state index contributed by atoms with van der Waals surface area (Å²) in [6.07, 6.45) is 1.14. The van der Waals surface area contributed by atoms with Crippen LogP contribution in [-0.2, 0) is 6.54 Å². The fraction of sp³-hybridized carbons (Fsp3) is 0.125. The number of nitrogens with one attached hydrogen (secondary N) is 1. The van der Waals surface area contributed by atoms with Crippen LogP contribution < -0.4 is 16.6 Å². The van der Waals surface area contributed by atoms with Gasteiger partial charge in [-0.05, 0) is 18.6 Å². The zero-order valence-electron chi connectivity index (χ0n) is 13.8. The number of nitro groups is 1. The molecule has 2 heterocycles. The minimum atomic E-state index is -0.580. The summed E-state index contributed by atoms with van der Waals surface area (Å²) in [6, 6.07) is 9.82. The number of benzene rings is 1. The molecule has 2 aromatic heterocycles. The summed E-state index contributed by atoms with van der Waals surface area (Å²) >= 11 is 0. The summed E-state index contributed by atoms with van der Waals surface area (Å²) in [6.45, 7) is 1.85. The maximum absolute atomic E-state index is 11.9. The Kier molecular flexibility index (Phi) is 4.56. The second kappa shape index (κ2) is 6.97. The number of nitrogens with zero attached hydrogens (tertiary/aromatic N) is 5. The Morgan fingerprint density at radius 1 is 1.19 bits per heavy atom. The van der Waals surface area contributed by atoms with Gasteiger partial charge in [-0.25, -0.2) is 0 Å². The van der Waals surface area contributed by atoms with Crippen LogP contribution in [0.1, 0.15) is 11.4 Å². The van der Waals surface area contributed by atoms with Gasteiger partial charge in [-0.3, -0.25) is 14.9 Å². The SMILES string of the molecule is Cc1ccccc1Nc1nc(N)nc(Cn2cc([N+](=O)[O-])ccc2=O)n1. The van der Waals surface area contributed by atoms with Crippen molar-refractivity contribution < 1.29 is 4.92 Å². The molecule has 0 spiro atoms. The number of pyridine rings is 1. The molecule has 0 radical (unpaired) electrons. The van der Waals surface area contributed by atoms with E-state index < -0.39 is 10.5 Å². The number of rotatable bonds is 5. The van der Waals surface area contributed by atoms with Gasteiger partial charge in [0, 0.05) is 17.8 Å². The standard InChI is InChI=1S/C16H15N7O3/c1-10-4-2-3-5-12(10)18-16-20-13(19-15(17)21-16)9-22-8-11(23(25)26)6-7-14(22)24/h2-8H,9H2,1H3,(H3,17,18,19,20,21). The van der Waals surface area contributed by atoms with Crippen LogP contribution in [0.2, 0.25) is 0 Å². The van der Waals surface area contributed by atoms with Crippen molar-refractivity contribution in [1.29, 1.82) is 0 Å². The van der Waals surface area contributed by atoms with Gasteiger partial charge < -0.3 is 15.6 Å². The summed E-state index contributed by atoms with van der Waals surface area (Å²) < 4.78 is 1.14. The van der Waals surface area contributed by atoms with Gasteiger partial charge in [0.05, 0.1) is 17.7 Å². The van der Waals surface area contributed by atoms with Gasteiger partial charge in [0.2, 0.25) is 11.9 Å². The topological polar surface area (TPSA) is 142 Å².